The van der Waals surface area contributed by atoms with E-state index in [4.69, 9.17) is 4.74 Å². The number of likely N-dealkylation sites (tertiary alicyclic amines) is 1. The van der Waals surface area contributed by atoms with Crippen molar-refractivity contribution in [2.24, 2.45) is 5.92 Å². The Kier molecular flexibility index (Phi) is 8.50. The Bertz CT molecular complexity index is 649. The van der Waals surface area contributed by atoms with E-state index in [1.807, 2.05) is 50.8 Å². The van der Waals surface area contributed by atoms with Crippen molar-refractivity contribution in [1.29, 1.82) is 0 Å². The third kappa shape index (κ3) is 8.44. The molecule has 2 unspecified atom stereocenters. The number of rotatable bonds is 7. The Morgan fingerprint density at radius 1 is 1.17 bits per heavy atom. The molecule has 1 aliphatic rings. The predicted molar refractivity (Wildman–Crippen MR) is 116 cm³/mol. The summed E-state index contributed by atoms with van der Waals surface area (Å²) in [5.41, 5.74) is 0.714. The molecule has 0 spiro atoms. The molecule has 0 aromatic heterocycles. The van der Waals surface area contributed by atoms with Crippen molar-refractivity contribution in [3.8, 4) is 0 Å². The molecule has 2 atom stereocenters. The van der Waals surface area contributed by atoms with Crippen LogP contribution >= 0.6 is 0 Å². The zero-order chi connectivity index (χ0) is 21.4. The number of ether oxygens (including phenoxy) is 1. The van der Waals surface area contributed by atoms with E-state index in [1.165, 1.54) is 5.56 Å². The Hall–Kier alpha value is -2.08. The maximum absolute atomic E-state index is 12.2. The first kappa shape index (κ1) is 23.2. The zero-order valence-corrected chi connectivity index (χ0v) is 18.5. The van der Waals surface area contributed by atoms with Gasteiger partial charge < -0.3 is 20.3 Å². The number of hydrogen-bond acceptors (Lipinski definition) is 4. The molecule has 2 rings (SSSR count). The first-order valence-corrected chi connectivity index (χ1v) is 10.7. The highest BCUT2D eigenvalue weighted by Crippen LogP contribution is 2.17. The van der Waals surface area contributed by atoms with Crippen molar-refractivity contribution in [1.82, 2.24) is 15.5 Å². The van der Waals surface area contributed by atoms with Gasteiger partial charge in [-0.05, 0) is 65.0 Å². The van der Waals surface area contributed by atoms with Gasteiger partial charge >= 0.3 is 6.09 Å². The Balaban J connectivity index is 1.94. The van der Waals surface area contributed by atoms with Crippen molar-refractivity contribution in [3.63, 3.8) is 0 Å². The molecule has 0 aliphatic carbocycles. The fourth-order valence-corrected chi connectivity index (χ4v) is 3.66. The third-order valence-electron chi connectivity index (χ3n) is 5.37. The van der Waals surface area contributed by atoms with Crippen LogP contribution in [0, 0.1) is 5.92 Å². The molecule has 0 radical (unpaired) electrons. The number of benzene rings is 1. The minimum Gasteiger partial charge on any atom is -0.444 e. The molecule has 1 aromatic carbocycles. The molecular weight excluding hydrogens is 366 g/mol. The van der Waals surface area contributed by atoms with Gasteiger partial charge in [0.25, 0.3) is 0 Å². The van der Waals surface area contributed by atoms with E-state index in [0.717, 1.165) is 38.9 Å². The van der Waals surface area contributed by atoms with Gasteiger partial charge in [0.05, 0.1) is 0 Å². The van der Waals surface area contributed by atoms with Crippen molar-refractivity contribution in [2.45, 2.75) is 71.6 Å². The standard InChI is InChI=1S/C23H37N3O3/c1-17(25-22(28)29-23(3,4)5)21(15-19-9-7-6-8-10-19)24-16-20-11-13-26(14-12-20)18(2)27/h6-10,17,20-21,24H,11-16H2,1-5H3,(H,25,28). The van der Waals surface area contributed by atoms with Crippen LogP contribution < -0.4 is 10.6 Å². The minimum atomic E-state index is -0.517. The number of carbonyl (C=O) groups excluding carboxylic acids is 2. The van der Waals surface area contributed by atoms with Crippen LogP contribution in [0.4, 0.5) is 4.79 Å². The van der Waals surface area contributed by atoms with Crippen LogP contribution in [0.5, 0.6) is 0 Å². The maximum Gasteiger partial charge on any atom is 0.407 e. The lowest BCUT2D eigenvalue weighted by Gasteiger charge is -2.33. The highest BCUT2D eigenvalue weighted by molar-refractivity contribution is 5.73. The second kappa shape index (κ2) is 10.6. The van der Waals surface area contributed by atoms with Gasteiger partial charge in [0.15, 0.2) is 0 Å². The van der Waals surface area contributed by atoms with Crippen LogP contribution in [0.2, 0.25) is 0 Å². The number of nitrogens with zero attached hydrogens (tertiary/aromatic N) is 1. The van der Waals surface area contributed by atoms with E-state index in [2.05, 4.69) is 22.8 Å². The molecule has 2 amide bonds. The van der Waals surface area contributed by atoms with Gasteiger partial charge in [-0.15, -0.1) is 0 Å². The molecule has 1 heterocycles. The zero-order valence-electron chi connectivity index (χ0n) is 18.5. The normalized spacial score (nSPS) is 17.5. The fourth-order valence-electron chi connectivity index (χ4n) is 3.66. The highest BCUT2D eigenvalue weighted by Gasteiger charge is 2.25. The largest absolute Gasteiger partial charge is 0.444 e. The summed E-state index contributed by atoms with van der Waals surface area (Å²) in [5.74, 6) is 0.700. The van der Waals surface area contributed by atoms with Gasteiger partial charge in [-0.1, -0.05) is 30.3 Å². The Labute approximate surface area is 175 Å². The quantitative estimate of drug-likeness (QED) is 0.732. The van der Waals surface area contributed by atoms with Crippen LogP contribution in [0.15, 0.2) is 30.3 Å². The molecule has 0 saturated carbocycles. The molecule has 1 aromatic rings. The Morgan fingerprint density at radius 3 is 2.34 bits per heavy atom. The lowest BCUT2D eigenvalue weighted by atomic mass is 9.94. The van der Waals surface area contributed by atoms with Crippen molar-refractivity contribution < 1.29 is 14.3 Å². The molecule has 1 saturated heterocycles. The summed E-state index contributed by atoms with van der Waals surface area (Å²) < 4.78 is 5.42. The van der Waals surface area contributed by atoms with Crippen molar-refractivity contribution in [2.75, 3.05) is 19.6 Å². The first-order chi connectivity index (χ1) is 13.6. The summed E-state index contributed by atoms with van der Waals surface area (Å²) in [5, 5.41) is 6.67. The SMILES string of the molecule is CC(=O)N1CCC(CNC(Cc2ccccc2)C(C)NC(=O)OC(C)(C)C)CC1. The summed E-state index contributed by atoms with van der Waals surface area (Å²) in [4.78, 5) is 25.7. The van der Waals surface area contributed by atoms with E-state index in [-0.39, 0.29) is 24.1 Å². The van der Waals surface area contributed by atoms with E-state index in [1.54, 1.807) is 6.92 Å². The lowest BCUT2D eigenvalue weighted by Crippen LogP contribution is -2.52. The van der Waals surface area contributed by atoms with Crippen LogP contribution in [0.1, 0.15) is 53.0 Å². The highest BCUT2D eigenvalue weighted by atomic mass is 16.6. The van der Waals surface area contributed by atoms with Crippen LogP contribution in [0.3, 0.4) is 0 Å². The van der Waals surface area contributed by atoms with Gasteiger partial charge in [-0.2, -0.15) is 0 Å². The van der Waals surface area contributed by atoms with Crippen LogP contribution in [-0.2, 0) is 16.0 Å². The average Bonchev–Trinajstić information content (AvgIpc) is 2.64. The summed E-state index contributed by atoms with van der Waals surface area (Å²) in [6.07, 6.45) is 2.46. The molecule has 0 bridgehead atoms. The number of nitrogens with one attached hydrogen (secondary N) is 2. The first-order valence-electron chi connectivity index (χ1n) is 10.7. The molecule has 1 aliphatic heterocycles. The van der Waals surface area contributed by atoms with Crippen LogP contribution in [0.25, 0.3) is 0 Å². The van der Waals surface area contributed by atoms with Gasteiger partial charge in [0.2, 0.25) is 5.91 Å². The smallest absolute Gasteiger partial charge is 0.407 e. The van der Waals surface area contributed by atoms with Gasteiger partial charge in [0.1, 0.15) is 5.60 Å². The van der Waals surface area contributed by atoms with Crippen molar-refractivity contribution in [3.05, 3.63) is 35.9 Å². The molecule has 162 valence electrons. The molecule has 2 N–H and O–H groups in total. The minimum absolute atomic E-state index is 0.0811. The van der Waals surface area contributed by atoms with Gasteiger partial charge in [-0.3, -0.25) is 4.79 Å². The van der Waals surface area contributed by atoms with Gasteiger partial charge in [-0.25, -0.2) is 4.79 Å². The van der Waals surface area contributed by atoms with E-state index in [9.17, 15) is 9.59 Å². The second-order valence-electron chi connectivity index (χ2n) is 9.09. The van der Waals surface area contributed by atoms with E-state index in [0.29, 0.717) is 5.92 Å². The molecular formula is C23H37N3O3. The predicted octanol–water partition coefficient (Wildman–Crippen LogP) is 3.36. The third-order valence-corrected chi connectivity index (χ3v) is 5.37. The van der Waals surface area contributed by atoms with E-state index < -0.39 is 5.60 Å². The monoisotopic (exact) mass is 403 g/mol. The van der Waals surface area contributed by atoms with Crippen molar-refractivity contribution >= 4 is 12.0 Å². The summed E-state index contributed by atoms with van der Waals surface area (Å²) in [6, 6.07) is 10.3. The lowest BCUT2D eigenvalue weighted by molar-refractivity contribution is -0.130. The summed E-state index contributed by atoms with van der Waals surface area (Å²) in [6.45, 7) is 11.8. The molecule has 6 heteroatoms. The number of carbonyl (C=O) groups is 2. The number of hydrogen-bond donors (Lipinski definition) is 2. The Morgan fingerprint density at radius 2 is 1.79 bits per heavy atom. The average molecular weight is 404 g/mol. The topological polar surface area (TPSA) is 70.7 Å². The van der Waals surface area contributed by atoms with E-state index >= 15 is 0 Å². The summed E-state index contributed by atoms with van der Waals surface area (Å²) in [7, 11) is 0. The second-order valence-corrected chi connectivity index (χ2v) is 9.09. The van der Waals surface area contributed by atoms with Gasteiger partial charge in [0, 0.05) is 32.1 Å². The number of amides is 2. The number of alkyl carbamates (subject to hydrolysis) is 1. The molecule has 1 fully saturated rings. The molecule has 29 heavy (non-hydrogen) atoms. The molecule has 6 nitrogen and oxygen atoms in total. The fraction of sp³-hybridized carbons (Fsp3) is 0.652. The number of piperidine rings is 1. The van der Waals surface area contributed by atoms with Crippen LogP contribution in [-0.4, -0.2) is 54.2 Å². The maximum atomic E-state index is 12.2. The summed E-state index contributed by atoms with van der Waals surface area (Å²) >= 11 is 0.